The van der Waals surface area contributed by atoms with E-state index in [1.54, 1.807) is 20.2 Å². The molecule has 1 aliphatic carbocycles. The zero-order chi connectivity index (χ0) is 15.6. The molecule has 0 aromatic heterocycles. The van der Waals surface area contributed by atoms with Crippen LogP contribution >= 0.6 is 0 Å². The van der Waals surface area contributed by atoms with Gasteiger partial charge in [-0.2, -0.15) is 0 Å². The molecule has 7 nitrogen and oxygen atoms in total. The van der Waals surface area contributed by atoms with Gasteiger partial charge in [-0.25, -0.2) is 0 Å². The van der Waals surface area contributed by atoms with E-state index < -0.39 is 4.92 Å². The molecule has 1 fully saturated rings. The molecule has 21 heavy (non-hydrogen) atoms. The molecule has 1 amide bonds. The van der Waals surface area contributed by atoms with Crippen LogP contribution in [-0.2, 0) is 0 Å². The second-order valence-corrected chi connectivity index (χ2v) is 5.45. The van der Waals surface area contributed by atoms with Crippen molar-refractivity contribution in [1.82, 2.24) is 4.90 Å². The Bertz CT molecular complexity index is 559. The molecule has 0 heterocycles. The highest BCUT2D eigenvalue weighted by Crippen LogP contribution is 2.32. The third-order valence-electron chi connectivity index (χ3n) is 3.53. The summed E-state index contributed by atoms with van der Waals surface area (Å²) >= 11 is 0. The van der Waals surface area contributed by atoms with Crippen LogP contribution in [0.5, 0.6) is 5.75 Å². The van der Waals surface area contributed by atoms with E-state index >= 15 is 0 Å². The number of nitro groups is 1. The average Bonchev–Trinajstić information content (AvgIpc) is 2.83. The predicted molar refractivity (Wildman–Crippen MR) is 77.4 cm³/mol. The Morgan fingerprint density at radius 2 is 2.14 bits per heavy atom. The number of nitro benzene ring substituents is 1. The van der Waals surface area contributed by atoms with Gasteiger partial charge in [0.1, 0.15) is 6.10 Å². The molecule has 2 N–H and O–H groups in total. The molecule has 1 aromatic rings. The van der Waals surface area contributed by atoms with Crippen LogP contribution in [0, 0.1) is 10.1 Å². The van der Waals surface area contributed by atoms with E-state index in [9.17, 15) is 14.9 Å². The predicted octanol–water partition coefficient (Wildman–Crippen LogP) is 1.56. The smallest absolute Gasteiger partial charge is 0.311 e. The van der Waals surface area contributed by atoms with E-state index in [2.05, 4.69) is 0 Å². The molecular formula is C14H19N3O4. The fourth-order valence-electron chi connectivity index (χ4n) is 2.41. The number of rotatable bonds is 4. The van der Waals surface area contributed by atoms with Crippen molar-refractivity contribution >= 4 is 11.6 Å². The Kier molecular flexibility index (Phi) is 4.42. The summed E-state index contributed by atoms with van der Waals surface area (Å²) in [5.74, 6) is -0.0954. The van der Waals surface area contributed by atoms with Crippen molar-refractivity contribution in [1.29, 1.82) is 0 Å². The van der Waals surface area contributed by atoms with Crippen LogP contribution in [0.1, 0.15) is 29.6 Å². The van der Waals surface area contributed by atoms with Crippen molar-refractivity contribution in [2.75, 3.05) is 14.1 Å². The van der Waals surface area contributed by atoms with Crippen molar-refractivity contribution in [3.63, 3.8) is 0 Å². The summed E-state index contributed by atoms with van der Waals surface area (Å²) < 4.78 is 5.69. The van der Waals surface area contributed by atoms with Gasteiger partial charge in [0, 0.05) is 31.8 Å². The molecule has 2 atom stereocenters. The van der Waals surface area contributed by atoms with E-state index in [1.165, 1.54) is 17.0 Å². The summed E-state index contributed by atoms with van der Waals surface area (Å²) in [6.07, 6.45) is 2.23. The fourth-order valence-corrected chi connectivity index (χ4v) is 2.41. The minimum atomic E-state index is -0.531. The minimum absolute atomic E-state index is 0.0867. The number of carbonyl (C=O) groups is 1. The minimum Gasteiger partial charge on any atom is -0.483 e. The molecule has 1 saturated carbocycles. The maximum Gasteiger partial charge on any atom is 0.311 e. The molecule has 1 aromatic carbocycles. The van der Waals surface area contributed by atoms with Gasteiger partial charge in [0.2, 0.25) is 0 Å². The summed E-state index contributed by atoms with van der Waals surface area (Å²) in [7, 11) is 3.19. The number of benzene rings is 1. The number of ether oxygens (including phenoxy) is 1. The second-order valence-electron chi connectivity index (χ2n) is 5.45. The second kappa shape index (κ2) is 6.09. The van der Waals surface area contributed by atoms with Crippen LogP contribution in [0.25, 0.3) is 0 Å². The van der Waals surface area contributed by atoms with E-state index in [0.29, 0.717) is 6.42 Å². The zero-order valence-corrected chi connectivity index (χ0v) is 12.1. The third kappa shape index (κ3) is 3.49. The Morgan fingerprint density at radius 3 is 2.67 bits per heavy atom. The molecule has 0 aliphatic heterocycles. The maximum atomic E-state index is 11.9. The first-order chi connectivity index (χ1) is 9.88. The van der Waals surface area contributed by atoms with Gasteiger partial charge in [0.15, 0.2) is 5.75 Å². The molecule has 0 saturated heterocycles. The quantitative estimate of drug-likeness (QED) is 0.671. The Hall–Kier alpha value is -2.15. The number of carbonyl (C=O) groups excluding carboxylic acids is 1. The molecule has 7 heteroatoms. The van der Waals surface area contributed by atoms with Gasteiger partial charge in [-0.1, -0.05) is 0 Å². The topological polar surface area (TPSA) is 98.7 Å². The van der Waals surface area contributed by atoms with Crippen molar-refractivity contribution in [3.8, 4) is 5.75 Å². The molecule has 114 valence electrons. The van der Waals surface area contributed by atoms with Gasteiger partial charge in [-0.3, -0.25) is 14.9 Å². The van der Waals surface area contributed by atoms with E-state index in [0.717, 1.165) is 12.8 Å². The van der Waals surface area contributed by atoms with Crippen LogP contribution < -0.4 is 10.5 Å². The average molecular weight is 293 g/mol. The lowest BCUT2D eigenvalue weighted by Crippen LogP contribution is -2.22. The Labute approximate surface area is 122 Å². The highest BCUT2D eigenvalue weighted by atomic mass is 16.6. The molecule has 0 spiro atoms. The van der Waals surface area contributed by atoms with Crippen molar-refractivity contribution in [3.05, 3.63) is 33.9 Å². The summed E-state index contributed by atoms with van der Waals surface area (Å²) in [5.41, 5.74) is 5.88. The molecule has 0 radical (unpaired) electrons. The first kappa shape index (κ1) is 15.2. The largest absolute Gasteiger partial charge is 0.483 e. The molecule has 0 bridgehead atoms. The van der Waals surface area contributed by atoms with Crippen LogP contribution in [0.2, 0.25) is 0 Å². The Balaban J connectivity index is 2.25. The molecule has 2 unspecified atom stereocenters. The Morgan fingerprint density at radius 1 is 1.43 bits per heavy atom. The van der Waals surface area contributed by atoms with Crippen molar-refractivity contribution in [2.45, 2.75) is 31.4 Å². The van der Waals surface area contributed by atoms with Crippen LogP contribution in [-0.4, -0.2) is 42.0 Å². The molecule has 2 rings (SSSR count). The van der Waals surface area contributed by atoms with Crippen molar-refractivity contribution in [2.24, 2.45) is 5.73 Å². The number of hydrogen-bond donors (Lipinski definition) is 1. The van der Waals surface area contributed by atoms with Gasteiger partial charge >= 0.3 is 5.69 Å². The lowest BCUT2D eigenvalue weighted by Gasteiger charge is -2.15. The first-order valence-corrected chi connectivity index (χ1v) is 6.81. The lowest BCUT2D eigenvalue weighted by molar-refractivity contribution is -0.386. The van der Waals surface area contributed by atoms with E-state index in [4.69, 9.17) is 10.5 Å². The molecular weight excluding hydrogens is 274 g/mol. The summed E-state index contributed by atoms with van der Waals surface area (Å²) in [6, 6.07) is 4.37. The lowest BCUT2D eigenvalue weighted by atomic mass is 10.1. The number of nitrogens with two attached hydrogens (primary N) is 1. The molecule has 1 aliphatic rings. The van der Waals surface area contributed by atoms with Crippen LogP contribution in [0.15, 0.2) is 18.2 Å². The van der Waals surface area contributed by atoms with Crippen LogP contribution in [0.4, 0.5) is 5.69 Å². The van der Waals surface area contributed by atoms with Crippen molar-refractivity contribution < 1.29 is 14.5 Å². The number of nitrogens with zero attached hydrogens (tertiary/aromatic N) is 2. The SMILES string of the molecule is CN(C)C(=O)c1ccc(OC2CCC(N)C2)c([N+](=O)[O-])c1. The van der Waals surface area contributed by atoms with Gasteiger partial charge in [0.25, 0.3) is 5.91 Å². The number of hydrogen-bond acceptors (Lipinski definition) is 5. The zero-order valence-electron chi connectivity index (χ0n) is 12.1. The van der Waals surface area contributed by atoms with E-state index in [1.807, 2.05) is 0 Å². The van der Waals surface area contributed by atoms with Gasteiger partial charge in [0.05, 0.1) is 4.92 Å². The highest BCUT2D eigenvalue weighted by Gasteiger charge is 2.27. The first-order valence-electron chi connectivity index (χ1n) is 6.81. The van der Waals surface area contributed by atoms with Gasteiger partial charge in [-0.15, -0.1) is 0 Å². The normalized spacial score (nSPS) is 21.1. The maximum absolute atomic E-state index is 11.9. The van der Waals surface area contributed by atoms with Crippen LogP contribution in [0.3, 0.4) is 0 Å². The summed E-state index contributed by atoms with van der Waals surface area (Å²) in [5, 5.41) is 11.2. The van der Waals surface area contributed by atoms with Gasteiger partial charge in [-0.05, 0) is 31.4 Å². The summed E-state index contributed by atoms with van der Waals surface area (Å²) in [6.45, 7) is 0. The van der Waals surface area contributed by atoms with E-state index in [-0.39, 0.29) is 35.1 Å². The highest BCUT2D eigenvalue weighted by molar-refractivity contribution is 5.94. The number of amides is 1. The summed E-state index contributed by atoms with van der Waals surface area (Å²) in [4.78, 5) is 23.9. The monoisotopic (exact) mass is 293 g/mol. The standard InChI is InChI=1S/C14H19N3O4/c1-16(2)14(18)9-3-6-13(12(7-9)17(19)20)21-11-5-4-10(15)8-11/h3,6-7,10-11H,4-5,8,15H2,1-2H3. The third-order valence-corrected chi connectivity index (χ3v) is 3.53. The fraction of sp³-hybridized carbons (Fsp3) is 0.500. The van der Waals surface area contributed by atoms with Gasteiger partial charge < -0.3 is 15.4 Å².